The van der Waals surface area contributed by atoms with Gasteiger partial charge in [0.05, 0.1) is 0 Å². The normalized spacial score (nSPS) is 27.4. The van der Waals surface area contributed by atoms with Crippen LogP contribution < -0.4 is 5.73 Å². The van der Waals surface area contributed by atoms with Crippen LogP contribution in [0.25, 0.3) is 0 Å². The first-order valence-corrected chi connectivity index (χ1v) is 11.7. The lowest BCUT2D eigenvalue weighted by Gasteiger charge is -2.41. The molecule has 12 heteroatoms. The van der Waals surface area contributed by atoms with Gasteiger partial charge in [-0.05, 0) is 11.1 Å². The van der Waals surface area contributed by atoms with Gasteiger partial charge in [-0.25, -0.2) is 0 Å². The summed E-state index contributed by atoms with van der Waals surface area (Å²) in [7, 11) is -5.11. The van der Waals surface area contributed by atoms with Crippen LogP contribution in [-0.2, 0) is 36.6 Å². The smallest absolute Gasteiger partial charge is 0.385 e. The van der Waals surface area contributed by atoms with Crippen molar-refractivity contribution < 1.29 is 45.5 Å². The number of rotatable bonds is 9. The Morgan fingerprint density at radius 3 is 2.06 bits per heavy atom. The Balaban J connectivity index is 2.09. The van der Waals surface area contributed by atoms with Crippen LogP contribution in [0, 0.1) is 0 Å². The molecule has 2 aromatic rings. The van der Waals surface area contributed by atoms with E-state index in [0.717, 1.165) is 7.11 Å². The molecule has 0 saturated carbocycles. The fourth-order valence-electron chi connectivity index (χ4n) is 4.14. The van der Waals surface area contributed by atoms with E-state index in [0.29, 0.717) is 11.1 Å². The molecular formula is C22H26F3NO7S. The van der Waals surface area contributed by atoms with Crippen LogP contribution in [0.2, 0.25) is 0 Å². The predicted octanol–water partition coefficient (Wildman–Crippen LogP) is 1.50. The van der Waals surface area contributed by atoms with E-state index < -0.39 is 58.3 Å². The summed E-state index contributed by atoms with van der Waals surface area (Å²) in [6.07, 6.45) is -6.17. The van der Waals surface area contributed by atoms with Gasteiger partial charge in [0.2, 0.25) is 0 Å². The largest absolute Gasteiger partial charge is 0.523 e. The topological polar surface area (TPSA) is 128 Å². The third-order valence-electron chi connectivity index (χ3n) is 5.73. The molecule has 5 atom stereocenters. The van der Waals surface area contributed by atoms with Gasteiger partial charge in [-0.15, -0.1) is 0 Å². The third kappa shape index (κ3) is 5.28. The number of hydrogen-bond donors (Lipinski definition) is 3. The van der Waals surface area contributed by atoms with Crippen molar-refractivity contribution in [2.45, 2.75) is 48.1 Å². The number of aliphatic hydroxyl groups is 2. The molecule has 0 aromatic heterocycles. The lowest BCUT2D eigenvalue weighted by Crippen LogP contribution is -2.63. The van der Waals surface area contributed by atoms with Crippen molar-refractivity contribution in [3.05, 3.63) is 71.8 Å². The first kappa shape index (κ1) is 26.5. The summed E-state index contributed by atoms with van der Waals surface area (Å²) in [4.78, 5) is 0. The molecular weight excluding hydrogens is 479 g/mol. The summed E-state index contributed by atoms with van der Waals surface area (Å²) in [5, 5.41) is 23.2. The van der Waals surface area contributed by atoms with E-state index >= 15 is 0 Å². The Morgan fingerprint density at radius 1 is 1.06 bits per heavy atom. The van der Waals surface area contributed by atoms with Gasteiger partial charge in [0.15, 0.2) is 12.4 Å². The van der Waals surface area contributed by atoms with Crippen molar-refractivity contribution in [3.63, 3.8) is 0 Å². The summed E-state index contributed by atoms with van der Waals surface area (Å²) >= 11 is 0. The predicted molar refractivity (Wildman–Crippen MR) is 115 cm³/mol. The Morgan fingerprint density at radius 2 is 1.59 bits per heavy atom. The molecule has 1 heterocycles. The molecule has 8 nitrogen and oxygen atoms in total. The number of hydrogen-bond acceptors (Lipinski definition) is 8. The van der Waals surface area contributed by atoms with Gasteiger partial charge in [0.1, 0.15) is 17.3 Å². The van der Waals surface area contributed by atoms with Gasteiger partial charge in [0, 0.05) is 26.5 Å². The van der Waals surface area contributed by atoms with E-state index in [4.69, 9.17) is 15.2 Å². The standard InChI is InChI=1S/C22H26F3NO7S/c1-31-18-17(33-34(29,30)22(23,24)25)21(28,13-16-10-6-3-7-11-16)19(32-18)20(27,14-26)12-15-8-4-2-5-9-15/h2-11,17-19,27-28H,12-14,26H2,1H3/t17-,18?,19+,20-,21+/m0/s1. The van der Waals surface area contributed by atoms with Crippen molar-refractivity contribution in [2.24, 2.45) is 5.73 Å². The number of alkyl halides is 3. The number of ether oxygens (including phenoxy) is 2. The van der Waals surface area contributed by atoms with Crippen LogP contribution in [0.3, 0.4) is 0 Å². The second-order valence-electron chi connectivity index (χ2n) is 8.16. The average molecular weight is 506 g/mol. The monoisotopic (exact) mass is 505 g/mol. The molecule has 1 fully saturated rings. The molecule has 0 radical (unpaired) electrons. The molecule has 1 aliphatic heterocycles. The minimum Gasteiger partial charge on any atom is -0.385 e. The molecule has 3 rings (SSSR count). The lowest BCUT2D eigenvalue weighted by molar-refractivity contribution is -0.190. The first-order valence-electron chi connectivity index (χ1n) is 10.3. The summed E-state index contributed by atoms with van der Waals surface area (Å²) in [6, 6.07) is 16.6. The zero-order valence-electron chi connectivity index (χ0n) is 18.2. The van der Waals surface area contributed by atoms with Crippen molar-refractivity contribution >= 4 is 10.1 Å². The van der Waals surface area contributed by atoms with Crippen molar-refractivity contribution in [1.29, 1.82) is 0 Å². The van der Waals surface area contributed by atoms with Gasteiger partial charge in [0.25, 0.3) is 0 Å². The molecule has 0 amide bonds. The maximum absolute atomic E-state index is 13.1. The molecule has 1 unspecified atom stereocenters. The van der Waals surface area contributed by atoms with Crippen LogP contribution in [-0.4, -0.2) is 67.5 Å². The van der Waals surface area contributed by atoms with Crippen LogP contribution in [0.1, 0.15) is 11.1 Å². The maximum atomic E-state index is 13.1. The number of halogens is 3. The first-order chi connectivity index (χ1) is 15.9. The third-order valence-corrected chi connectivity index (χ3v) is 6.76. The Kier molecular flexibility index (Phi) is 7.73. The van der Waals surface area contributed by atoms with E-state index in [2.05, 4.69) is 4.18 Å². The highest BCUT2D eigenvalue weighted by Gasteiger charge is 2.66. The van der Waals surface area contributed by atoms with E-state index in [-0.39, 0.29) is 6.42 Å². The molecule has 0 spiro atoms. The minimum atomic E-state index is -6.15. The van der Waals surface area contributed by atoms with Gasteiger partial charge in [-0.1, -0.05) is 60.7 Å². The molecule has 188 valence electrons. The van der Waals surface area contributed by atoms with Gasteiger partial charge < -0.3 is 25.4 Å². The quantitative estimate of drug-likeness (QED) is 0.346. The summed E-state index contributed by atoms with van der Waals surface area (Å²) in [5.41, 5.74) is -3.39. The van der Waals surface area contributed by atoms with E-state index in [1.54, 1.807) is 60.7 Å². The molecule has 4 N–H and O–H groups in total. The molecule has 1 saturated heterocycles. The van der Waals surface area contributed by atoms with Gasteiger partial charge in [-0.3, -0.25) is 4.18 Å². The van der Waals surface area contributed by atoms with Gasteiger partial charge in [-0.2, -0.15) is 21.6 Å². The van der Waals surface area contributed by atoms with E-state index in [1.165, 1.54) is 0 Å². The number of benzene rings is 2. The second kappa shape index (κ2) is 9.90. The van der Waals surface area contributed by atoms with Crippen LogP contribution in [0.5, 0.6) is 0 Å². The minimum absolute atomic E-state index is 0.152. The Labute approximate surface area is 195 Å². The van der Waals surface area contributed by atoms with Crippen molar-refractivity contribution in [1.82, 2.24) is 0 Å². The van der Waals surface area contributed by atoms with Crippen LogP contribution in [0.4, 0.5) is 13.2 Å². The number of methoxy groups -OCH3 is 1. The maximum Gasteiger partial charge on any atom is 0.523 e. The molecule has 0 bridgehead atoms. The van der Waals surface area contributed by atoms with Crippen LogP contribution >= 0.6 is 0 Å². The lowest BCUT2D eigenvalue weighted by atomic mass is 9.75. The summed E-state index contributed by atoms with van der Waals surface area (Å²) < 4.78 is 78.3. The second-order valence-corrected chi connectivity index (χ2v) is 9.72. The van der Waals surface area contributed by atoms with E-state index in [1.807, 2.05) is 0 Å². The van der Waals surface area contributed by atoms with Crippen molar-refractivity contribution in [2.75, 3.05) is 13.7 Å². The highest BCUT2D eigenvalue weighted by atomic mass is 32.2. The van der Waals surface area contributed by atoms with Crippen LogP contribution in [0.15, 0.2) is 60.7 Å². The molecule has 2 aromatic carbocycles. The highest BCUT2D eigenvalue weighted by Crippen LogP contribution is 2.44. The fourth-order valence-corrected chi connectivity index (χ4v) is 4.78. The number of nitrogens with two attached hydrogens (primary N) is 1. The zero-order chi connectivity index (χ0) is 25.2. The summed E-state index contributed by atoms with van der Waals surface area (Å²) in [5.74, 6) is 0. The fraction of sp³-hybridized carbons (Fsp3) is 0.455. The SMILES string of the molecule is COC1O[C@H]([C@@](O)(CN)Cc2ccccc2)[C@@](O)(Cc2ccccc2)[C@H]1OS(=O)(=O)C(F)(F)F. The zero-order valence-corrected chi connectivity index (χ0v) is 19.0. The summed E-state index contributed by atoms with van der Waals surface area (Å²) in [6.45, 7) is -0.473. The van der Waals surface area contributed by atoms with Gasteiger partial charge >= 0.3 is 15.6 Å². The van der Waals surface area contributed by atoms with E-state index in [9.17, 15) is 31.8 Å². The molecule has 1 aliphatic rings. The Hall–Kier alpha value is -2.06. The Bertz CT molecular complexity index is 1060. The van der Waals surface area contributed by atoms with Crippen molar-refractivity contribution in [3.8, 4) is 0 Å². The molecule has 0 aliphatic carbocycles. The highest BCUT2D eigenvalue weighted by molar-refractivity contribution is 7.87. The average Bonchev–Trinajstić information content (AvgIpc) is 3.05. The molecule has 34 heavy (non-hydrogen) atoms.